The lowest BCUT2D eigenvalue weighted by Gasteiger charge is -2.19. The Morgan fingerprint density at radius 1 is 1.24 bits per heavy atom. The van der Waals surface area contributed by atoms with Gasteiger partial charge in [-0.1, -0.05) is 6.07 Å². The average molecular weight is 360 g/mol. The molecular weight excluding hydrogens is 348 g/mol. The monoisotopic (exact) mass is 358 g/mol. The summed E-state index contributed by atoms with van der Waals surface area (Å²) in [6.45, 7) is 0. The first-order valence-corrected chi connectivity index (χ1v) is 7.17. The van der Waals surface area contributed by atoms with Crippen LogP contribution in [0, 0.1) is 5.92 Å². The van der Waals surface area contributed by atoms with Gasteiger partial charge in [-0.05, 0) is 56.8 Å². The van der Waals surface area contributed by atoms with Crippen molar-refractivity contribution in [2.24, 2.45) is 5.92 Å². The lowest BCUT2D eigenvalue weighted by molar-refractivity contribution is -0.121. The van der Waals surface area contributed by atoms with Gasteiger partial charge in [-0.15, -0.1) is 0 Å². The maximum absolute atomic E-state index is 12.2. The zero-order valence-electron chi connectivity index (χ0n) is 9.21. The quantitative estimate of drug-likeness (QED) is 0.743. The van der Waals surface area contributed by atoms with Crippen LogP contribution in [0.3, 0.4) is 0 Å². The van der Waals surface area contributed by atoms with Crippen molar-refractivity contribution in [3.63, 3.8) is 0 Å². The van der Waals surface area contributed by atoms with Gasteiger partial charge in [-0.3, -0.25) is 9.59 Å². The fourth-order valence-corrected chi connectivity index (χ4v) is 2.76. The molecular formula is C13H12Br2O2. The van der Waals surface area contributed by atoms with Crippen LogP contribution in [0.1, 0.15) is 36.0 Å². The molecule has 2 rings (SSSR count). The van der Waals surface area contributed by atoms with E-state index in [1.807, 2.05) is 12.1 Å². The van der Waals surface area contributed by atoms with Gasteiger partial charge in [-0.25, -0.2) is 0 Å². The SMILES string of the molecule is O=C1CCCC(C(=O)c2ccc(Br)c(Br)c2)C1. The molecule has 0 radical (unpaired) electrons. The number of hydrogen-bond acceptors (Lipinski definition) is 2. The Balaban J connectivity index is 2.18. The van der Waals surface area contributed by atoms with Gasteiger partial charge in [0.25, 0.3) is 0 Å². The molecule has 1 aliphatic rings. The molecule has 0 N–H and O–H groups in total. The van der Waals surface area contributed by atoms with E-state index in [-0.39, 0.29) is 17.5 Å². The second kappa shape index (κ2) is 5.44. The third-order valence-electron chi connectivity index (χ3n) is 3.06. The molecule has 0 aromatic heterocycles. The number of benzene rings is 1. The lowest BCUT2D eigenvalue weighted by Crippen LogP contribution is -2.22. The Bertz CT molecular complexity index is 468. The van der Waals surface area contributed by atoms with Crippen molar-refractivity contribution in [1.82, 2.24) is 0 Å². The second-order valence-corrected chi connectivity index (χ2v) is 6.03. The summed E-state index contributed by atoms with van der Waals surface area (Å²) in [4.78, 5) is 23.6. The van der Waals surface area contributed by atoms with Gasteiger partial charge >= 0.3 is 0 Å². The minimum atomic E-state index is -0.121. The van der Waals surface area contributed by atoms with Crippen molar-refractivity contribution in [3.05, 3.63) is 32.7 Å². The average Bonchev–Trinajstić information content (AvgIpc) is 2.32. The predicted octanol–water partition coefficient (Wildman–Crippen LogP) is 4.15. The van der Waals surface area contributed by atoms with E-state index in [4.69, 9.17) is 0 Å². The van der Waals surface area contributed by atoms with Crippen molar-refractivity contribution >= 4 is 43.4 Å². The van der Waals surface area contributed by atoms with Gasteiger partial charge < -0.3 is 0 Å². The van der Waals surface area contributed by atoms with Crippen LogP contribution in [0.15, 0.2) is 27.1 Å². The van der Waals surface area contributed by atoms with Gasteiger partial charge in [0.2, 0.25) is 0 Å². The summed E-state index contributed by atoms with van der Waals surface area (Å²) in [6.07, 6.45) is 2.71. The molecule has 0 bridgehead atoms. The minimum Gasteiger partial charge on any atom is -0.300 e. The van der Waals surface area contributed by atoms with Crippen molar-refractivity contribution in [2.45, 2.75) is 25.7 Å². The number of halogens is 2. The molecule has 0 aliphatic heterocycles. The summed E-state index contributed by atoms with van der Waals surface area (Å²) in [5, 5.41) is 0. The summed E-state index contributed by atoms with van der Waals surface area (Å²) in [5.41, 5.74) is 0.680. The van der Waals surface area contributed by atoms with E-state index in [1.165, 1.54) is 0 Å². The number of hydrogen-bond donors (Lipinski definition) is 0. The maximum atomic E-state index is 12.2. The highest BCUT2D eigenvalue weighted by atomic mass is 79.9. The first kappa shape index (κ1) is 13.0. The van der Waals surface area contributed by atoms with E-state index < -0.39 is 0 Å². The molecule has 1 aliphatic carbocycles. The molecule has 1 aromatic carbocycles. The largest absolute Gasteiger partial charge is 0.300 e. The van der Waals surface area contributed by atoms with E-state index in [0.717, 1.165) is 21.8 Å². The van der Waals surface area contributed by atoms with E-state index in [1.54, 1.807) is 6.07 Å². The van der Waals surface area contributed by atoms with Crippen molar-refractivity contribution in [2.75, 3.05) is 0 Å². The third-order valence-corrected chi connectivity index (χ3v) is 4.94. The molecule has 1 unspecified atom stereocenters. The van der Waals surface area contributed by atoms with Crippen LogP contribution in [-0.2, 0) is 4.79 Å². The summed E-state index contributed by atoms with van der Waals surface area (Å²) in [6, 6.07) is 5.46. The molecule has 0 saturated heterocycles. The maximum Gasteiger partial charge on any atom is 0.166 e. The molecule has 0 spiro atoms. The van der Waals surface area contributed by atoms with Crippen LogP contribution < -0.4 is 0 Å². The number of carbonyl (C=O) groups is 2. The molecule has 1 saturated carbocycles. The van der Waals surface area contributed by atoms with Crippen LogP contribution in [0.2, 0.25) is 0 Å². The number of carbonyl (C=O) groups excluding carboxylic acids is 2. The molecule has 0 amide bonds. The molecule has 90 valence electrons. The van der Waals surface area contributed by atoms with Gasteiger partial charge in [0, 0.05) is 33.3 Å². The Hall–Kier alpha value is -0.480. The number of rotatable bonds is 2. The van der Waals surface area contributed by atoms with Gasteiger partial charge in [-0.2, -0.15) is 0 Å². The van der Waals surface area contributed by atoms with Crippen LogP contribution in [0.4, 0.5) is 0 Å². The van der Waals surface area contributed by atoms with Crippen LogP contribution >= 0.6 is 31.9 Å². The zero-order valence-corrected chi connectivity index (χ0v) is 12.4. The Kier molecular flexibility index (Phi) is 4.15. The van der Waals surface area contributed by atoms with Crippen molar-refractivity contribution in [3.8, 4) is 0 Å². The highest BCUT2D eigenvalue weighted by molar-refractivity contribution is 9.13. The fraction of sp³-hybridized carbons (Fsp3) is 0.385. The second-order valence-electron chi connectivity index (χ2n) is 4.33. The summed E-state index contributed by atoms with van der Waals surface area (Å²) >= 11 is 6.76. The first-order chi connectivity index (χ1) is 8.08. The Labute approximate surface area is 117 Å². The first-order valence-electron chi connectivity index (χ1n) is 5.59. The van der Waals surface area contributed by atoms with Gasteiger partial charge in [0.05, 0.1) is 0 Å². The summed E-state index contributed by atoms with van der Waals surface area (Å²) in [7, 11) is 0. The van der Waals surface area contributed by atoms with E-state index in [2.05, 4.69) is 31.9 Å². The molecule has 0 heterocycles. The standard InChI is InChI=1S/C13H12Br2O2/c14-11-5-4-9(7-12(11)15)13(17)8-2-1-3-10(16)6-8/h4-5,7-8H,1-3,6H2. The normalized spacial score (nSPS) is 20.4. The highest BCUT2D eigenvalue weighted by Gasteiger charge is 2.26. The lowest BCUT2D eigenvalue weighted by atomic mass is 9.83. The highest BCUT2D eigenvalue weighted by Crippen LogP contribution is 2.28. The zero-order chi connectivity index (χ0) is 12.4. The topological polar surface area (TPSA) is 34.1 Å². The molecule has 1 aromatic rings. The molecule has 17 heavy (non-hydrogen) atoms. The van der Waals surface area contributed by atoms with Crippen LogP contribution in [0.25, 0.3) is 0 Å². The molecule has 1 fully saturated rings. The number of ketones is 2. The van der Waals surface area contributed by atoms with Crippen molar-refractivity contribution < 1.29 is 9.59 Å². The molecule has 4 heteroatoms. The molecule has 1 atom stereocenters. The fourth-order valence-electron chi connectivity index (χ4n) is 2.13. The number of Topliss-reactive ketones (excluding diaryl/α,β-unsaturated/α-hetero) is 2. The van der Waals surface area contributed by atoms with E-state index in [0.29, 0.717) is 18.4 Å². The smallest absolute Gasteiger partial charge is 0.166 e. The predicted molar refractivity (Wildman–Crippen MR) is 73.1 cm³/mol. The van der Waals surface area contributed by atoms with E-state index in [9.17, 15) is 9.59 Å². The molecule has 2 nitrogen and oxygen atoms in total. The van der Waals surface area contributed by atoms with Gasteiger partial charge in [0.1, 0.15) is 5.78 Å². The van der Waals surface area contributed by atoms with E-state index >= 15 is 0 Å². The van der Waals surface area contributed by atoms with Crippen LogP contribution in [-0.4, -0.2) is 11.6 Å². The Morgan fingerprint density at radius 2 is 2.00 bits per heavy atom. The summed E-state index contributed by atoms with van der Waals surface area (Å²) in [5.74, 6) is 0.182. The van der Waals surface area contributed by atoms with Crippen molar-refractivity contribution in [1.29, 1.82) is 0 Å². The Morgan fingerprint density at radius 3 is 2.65 bits per heavy atom. The van der Waals surface area contributed by atoms with Gasteiger partial charge in [0.15, 0.2) is 5.78 Å². The van der Waals surface area contributed by atoms with Crippen LogP contribution in [0.5, 0.6) is 0 Å². The minimum absolute atomic E-state index is 0.0891. The third kappa shape index (κ3) is 3.05. The summed E-state index contributed by atoms with van der Waals surface area (Å²) < 4.78 is 1.79.